The second-order valence-electron chi connectivity index (χ2n) is 12.0. The number of phenols is 1. The molecular formula is C30H42O4. The van der Waals surface area contributed by atoms with Crippen LogP contribution in [0.1, 0.15) is 107 Å². The van der Waals surface area contributed by atoms with Crippen LogP contribution >= 0.6 is 0 Å². The van der Waals surface area contributed by atoms with E-state index >= 15 is 0 Å². The molecular weight excluding hydrogens is 424 g/mol. The van der Waals surface area contributed by atoms with E-state index in [1.54, 1.807) is 7.11 Å². The fourth-order valence-corrected chi connectivity index (χ4v) is 8.45. The fraction of sp³-hybridized carbons (Fsp3) is 0.733. The number of Topliss-reactive ketones (excluding diaryl/α,β-unsaturated/α-hetero) is 2. The molecule has 5 rings (SSSR count). The van der Waals surface area contributed by atoms with E-state index < -0.39 is 0 Å². The second kappa shape index (κ2) is 9.66. The first-order chi connectivity index (χ1) is 16.4. The van der Waals surface area contributed by atoms with Crippen LogP contribution in [0.4, 0.5) is 0 Å². The molecule has 0 amide bonds. The zero-order chi connectivity index (χ0) is 23.9. The van der Waals surface area contributed by atoms with Gasteiger partial charge in [-0.15, -0.1) is 0 Å². The van der Waals surface area contributed by atoms with Gasteiger partial charge in [0.2, 0.25) is 0 Å². The van der Waals surface area contributed by atoms with Crippen molar-refractivity contribution in [3.63, 3.8) is 0 Å². The molecule has 4 nitrogen and oxygen atoms in total. The zero-order valence-electron chi connectivity index (χ0n) is 21.1. The smallest absolute Gasteiger partial charge is 0.160 e. The lowest BCUT2D eigenvalue weighted by molar-refractivity contribution is -0.129. The topological polar surface area (TPSA) is 63.6 Å². The summed E-state index contributed by atoms with van der Waals surface area (Å²) in [5.74, 6) is 4.09. The molecule has 0 bridgehead atoms. The standard InChI is InChI=1S/C30H42O4/c1-30-14-13-23-24(12-11-20-16-26(32)27(34-2)18-25(20)23)29(30)21(17-28(30)33)9-6-10-22(31)15-19-7-4-3-5-8-19/h16,18-19,21,23-24,29,32H,3-15,17H2,1-2H3/t21-,23-,24+,29-,30+/m0/s1. The van der Waals surface area contributed by atoms with Gasteiger partial charge in [0.25, 0.3) is 0 Å². The number of carbonyl (C=O) groups excluding carboxylic acids is 2. The van der Waals surface area contributed by atoms with E-state index in [9.17, 15) is 14.7 Å². The van der Waals surface area contributed by atoms with Crippen LogP contribution < -0.4 is 4.74 Å². The minimum Gasteiger partial charge on any atom is -0.504 e. The highest BCUT2D eigenvalue weighted by molar-refractivity contribution is 5.87. The maximum atomic E-state index is 13.2. The molecule has 0 aliphatic heterocycles. The molecule has 0 radical (unpaired) electrons. The number of ketones is 2. The Bertz CT molecular complexity index is 930. The molecule has 0 saturated heterocycles. The van der Waals surface area contributed by atoms with Crippen molar-refractivity contribution in [2.24, 2.45) is 29.1 Å². The SMILES string of the molecule is COc1cc2c(cc1O)CC[C@H]1[C@@H]3[C@@H](CCCC(=O)CC4CCCCC4)CC(=O)[C@@]3(C)CC[C@H]21. The number of carbonyl (C=O) groups is 2. The van der Waals surface area contributed by atoms with Crippen LogP contribution in [-0.2, 0) is 16.0 Å². The second-order valence-corrected chi connectivity index (χ2v) is 12.0. The number of phenolic OH excluding ortho intramolecular Hbond substituents is 1. The van der Waals surface area contributed by atoms with Gasteiger partial charge in [-0.25, -0.2) is 0 Å². The molecule has 34 heavy (non-hydrogen) atoms. The van der Waals surface area contributed by atoms with Crippen molar-refractivity contribution >= 4 is 11.6 Å². The zero-order valence-corrected chi connectivity index (χ0v) is 21.1. The van der Waals surface area contributed by atoms with Gasteiger partial charge >= 0.3 is 0 Å². The van der Waals surface area contributed by atoms with Gasteiger partial charge in [-0.2, -0.15) is 0 Å². The first kappa shape index (κ1) is 23.9. The summed E-state index contributed by atoms with van der Waals surface area (Å²) in [7, 11) is 1.61. The summed E-state index contributed by atoms with van der Waals surface area (Å²) in [6, 6.07) is 3.95. The summed E-state index contributed by atoms with van der Waals surface area (Å²) in [4.78, 5) is 25.9. The minimum atomic E-state index is -0.198. The van der Waals surface area contributed by atoms with Gasteiger partial charge < -0.3 is 9.84 Å². The Kier molecular flexibility index (Phi) is 6.79. The Morgan fingerprint density at radius 3 is 2.71 bits per heavy atom. The van der Waals surface area contributed by atoms with E-state index in [0.717, 1.165) is 44.9 Å². The number of rotatable bonds is 7. The van der Waals surface area contributed by atoms with Gasteiger partial charge in [-0.1, -0.05) is 39.0 Å². The van der Waals surface area contributed by atoms with Crippen LogP contribution in [0.15, 0.2) is 12.1 Å². The van der Waals surface area contributed by atoms with Crippen molar-refractivity contribution in [3.05, 3.63) is 23.3 Å². The van der Waals surface area contributed by atoms with E-state index in [-0.39, 0.29) is 11.2 Å². The van der Waals surface area contributed by atoms with Crippen LogP contribution in [0, 0.1) is 29.1 Å². The number of ether oxygens (including phenoxy) is 1. The number of hydrogen-bond donors (Lipinski definition) is 1. The van der Waals surface area contributed by atoms with E-state index in [4.69, 9.17) is 4.74 Å². The minimum absolute atomic E-state index is 0.198. The lowest BCUT2D eigenvalue weighted by Gasteiger charge is -2.50. The maximum absolute atomic E-state index is 13.2. The number of benzene rings is 1. The Morgan fingerprint density at radius 2 is 1.94 bits per heavy atom. The van der Waals surface area contributed by atoms with Gasteiger partial charge in [0.15, 0.2) is 11.5 Å². The third-order valence-corrected chi connectivity index (χ3v) is 10.1. The largest absolute Gasteiger partial charge is 0.504 e. The van der Waals surface area contributed by atoms with Gasteiger partial charge in [0, 0.05) is 24.7 Å². The molecule has 4 aliphatic carbocycles. The lowest BCUT2D eigenvalue weighted by atomic mass is 9.54. The normalized spacial score (nSPS) is 33.2. The molecule has 4 aliphatic rings. The molecule has 1 aromatic carbocycles. The van der Waals surface area contributed by atoms with E-state index in [1.165, 1.54) is 43.2 Å². The summed E-state index contributed by atoms with van der Waals surface area (Å²) in [6.45, 7) is 2.23. The average Bonchev–Trinajstić information content (AvgIpc) is 3.09. The van der Waals surface area contributed by atoms with Crippen molar-refractivity contribution in [2.75, 3.05) is 7.11 Å². The van der Waals surface area contributed by atoms with Crippen LogP contribution in [0.3, 0.4) is 0 Å². The molecule has 186 valence electrons. The third kappa shape index (κ3) is 4.31. The van der Waals surface area contributed by atoms with Crippen molar-refractivity contribution in [2.45, 2.75) is 103 Å². The van der Waals surface area contributed by atoms with Crippen molar-refractivity contribution in [3.8, 4) is 11.5 Å². The highest BCUT2D eigenvalue weighted by Crippen LogP contribution is 2.62. The molecule has 1 N–H and O–H groups in total. The van der Waals surface area contributed by atoms with Gasteiger partial charge in [0.05, 0.1) is 7.11 Å². The first-order valence-electron chi connectivity index (χ1n) is 13.9. The molecule has 1 aromatic rings. The van der Waals surface area contributed by atoms with Crippen LogP contribution in [0.5, 0.6) is 11.5 Å². The molecule has 4 heteroatoms. The van der Waals surface area contributed by atoms with Gasteiger partial charge in [0.1, 0.15) is 11.6 Å². The number of aromatic hydroxyl groups is 1. The summed E-state index contributed by atoms with van der Waals surface area (Å²) in [6.07, 6.45) is 14.5. The average molecular weight is 467 g/mol. The van der Waals surface area contributed by atoms with E-state index in [1.807, 2.05) is 6.07 Å². The Balaban J connectivity index is 1.27. The summed E-state index contributed by atoms with van der Waals surface area (Å²) >= 11 is 0. The fourth-order valence-electron chi connectivity index (χ4n) is 8.45. The number of aryl methyl sites for hydroxylation is 1. The Labute approximate surface area is 204 Å². The predicted molar refractivity (Wildman–Crippen MR) is 133 cm³/mol. The van der Waals surface area contributed by atoms with E-state index in [0.29, 0.717) is 59.7 Å². The van der Waals surface area contributed by atoms with Crippen LogP contribution in [0.25, 0.3) is 0 Å². The number of hydrogen-bond acceptors (Lipinski definition) is 4. The number of fused-ring (bicyclic) bond motifs is 5. The molecule has 0 aromatic heterocycles. The molecule has 0 spiro atoms. The third-order valence-electron chi connectivity index (χ3n) is 10.1. The molecule has 3 fully saturated rings. The van der Waals surface area contributed by atoms with E-state index in [2.05, 4.69) is 13.0 Å². The quantitative estimate of drug-likeness (QED) is 0.482. The lowest BCUT2D eigenvalue weighted by Crippen LogP contribution is -2.44. The van der Waals surface area contributed by atoms with Gasteiger partial charge in [-0.05, 0) is 91.4 Å². The predicted octanol–water partition coefficient (Wildman–Crippen LogP) is 6.76. The number of methoxy groups -OCH3 is 1. The highest BCUT2D eigenvalue weighted by atomic mass is 16.5. The summed E-state index contributed by atoms with van der Waals surface area (Å²) in [5, 5.41) is 10.3. The van der Waals surface area contributed by atoms with Crippen LogP contribution in [-0.4, -0.2) is 23.8 Å². The van der Waals surface area contributed by atoms with Crippen molar-refractivity contribution < 1.29 is 19.4 Å². The first-order valence-corrected chi connectivity index (χ1v) is 13.9. The molecule has 0 heterocycles. The summed E-state index contributed by atoms with van der Waals surface area (Å²) < 4.78 is 5.43. The Hall–Kier alpha value is -1.84. The molecule has 3 saturated carbocycles. The van der Waals surface area contributed by atoms with Crippen LogP contribution in [0.2, 0.25) is 0 Å². The molecule has 5 atom stereocenters. The monoisotopic (exact) mass is 466 g/mol. The van der Waals surface area contributed by atoms with Gasteiger partial charge in [-0.3, -0.25) is 9.59 Å². The summed E-state index contributed by atoms with van der Waals surface area (Å²) in [5.41, 5.74) is 2.38. The highest BCUT2D eigenvalue weighted by Gasteiger charge is 2.58. The molecule has 0 unspecified atom stereocenters. The maximum Gasteiger partial charge on any atom is 0.160 e. The van der Waals surface area contributed by atoms with Crippen molar-refractivity contribution in [1.29, 1.82) is 0 Å². The van der Waals surface area contributed by atoms with Crippen molar-refractivity contribution in [1.82, 2.24) is 0 Å². The Morgan fingerprint density at radius 1 is 1.15 bits per heavy atom.